The van der Waals surface area contributed by atoms with Crippen molar-refractivity contribution in [2.24, 2.45) is 0 Å². The van der Waals surface area contributed by atoms with Gasteiger partial charge in [0.15, 0.2) is 0 Å². The topological polar surface area (TPSA) is 81.4 Å². The first-order valence-corrected chi connectivity index (χ1v) is 8.30. The number of amides is 1. The number of nitrogens with one attached hydrogen (secondary N) is 1. The highest BCUT2D eigenvalue weighted by molar-refractivity contribution is 5.77. The number of nitrogens with zero attached hydrogens (tertiary/aromatic N) is 1. The van der Waals surface area contributed by atoms with Crippen LogP contribution in [0.3, 0.4) is 0 Å². The third kappa shape index (κ3) is 5.55. The average molecular weight is 352 g/mol. The molecule has 0 spiro atoms. The van der Waals surface area contributed by atoms with Gasteiger partial charge < -0.3 is 14.5 Å². The second-order valence-electron chi connectivity index (χ2n) is 6.08. The van der Waals surface area contributed by atoms with Gasteiger partial charge in [0.1, 0.15) is 22.8 Å². The molecule has 1 N–H and O–H groups in total. The van der Waals surface area contributed by atoms with Crippen LogP contribution in [-0.4, -0.2) is 16.7 Å². The molecule has 0 aliphatic carbocycles. The number of fused-ring (bicyclic) bond motifs is 1. The van der Waals surface area contributed by atoms with Gasteiger partial charge >= 0.3 is 11.7 Å². The highest BCUT2D eigenvalue weighted by Gasteiger charge is 2.23. The number of benzene rings is 1. The fourth-order valence-electron chi connectivity index (χ4n) is 2.03. The van der Waals surface area contributed by atoms with Crippen LogP contribution in [-0.2, 0) is 4.74 Å². The zero-order chi connectivity index (χ0) is 19.2. The first kappa shape index (κ1) is 20.6. The van der Waals surface area contributed by atoms with Gasteiger partial charge in [0.05, 0.1) is 5.52 Å². The van der Waals surface area contributed by atoms with Gasteiger partial charge in [0.25, 0.3) is 0 Å². The van der Waals surface area contributed by atoms with E-state index in [-0.39, 0.29) is 16.8 Å². The minimum absolute atomic E-state index is 0.0152. The number of hydrogen-bond donors (Lipinski definition) is 1. The minimum Gasteiger partial charge on any atom is -0.444 e. The molecule has 138 valence electrons. The fourth-order valence-corrected chi connectivity index (χ4v) is 2.03. The van der Waals surface area contributed by atoms with Crippen molar-refractivity contribution in [1.29, 1.82) is 0 Å². The highest BCUT2D eigenvalue weighted by Crippen LogP contribution is 2.18. The van der Waals surface area contributed by atoms with Crippen molar-refractivity contribution < 1.29 is 18.3 Å². The summed E-state index contributed by atoms with van der Waals surface area (Å²) >= 11 is 0. The predicted octanol–water partition coefficient (Wildman–Crippen LogP) is 4.33. The van der Waals surface area contributed by atoms with Gasteiger partial charge in [0, 0.05) is 0 Å². The largest absolute Gasteiger partial charge is 0.444 e. The smallest absolute Gasteiger partial charge is 0.408 e. The maximum absolute atomic E-state index is 13.7. The number of halogens is 1. The molecule has 1 amide bonds. The van der Waals surface area contributed by atoms with Gasteiger partial charge in [-0.25, -0.2) is 19.0 Å². The van der Waals surface area contributed by atoms with E-state index >= 15 is 0 Å². The Morgan fingerprint density at radius 2 is 2.00 bits per heavy atom. The molecular formula is C18H25FN2O4. The van der Waals surface area contributed by atoms with Crippen molar-refractivity contribution in [3.63, 3.8) is 0 Å². The summed E-state index contributed by atoms with van der Waals surface area (Å²) in [4.78, 5) is 28.0. The quantitative estimate of drug-likeness (QED) is 0.889. The molecule has 6 nitrogen and oxygen atoms in total. The van der Waals surface area contributed by atoms with E-state index in [4.69, 9.17) is 9.15 Å². The Balaban J connectivity index is 0.00000151. The summed E-state index contributed by atoms with van der Waals surface area (Å²) in [6, 6.07) is 3.48. The highest BCUT2D eigenvalue weighted by atomic mass is 19.1. The van der Waals surface area contributed by atoms with E-state index in [2.05, 4.69) is 10.3 Å². The summed E-state index contributed by atoms with van der Waals surface area (Å²) < 4.78 is 23.9. The molecular weight excluding hydrogens is 327 g/mol. The number of alkyl carbamates (subject to hydrolysis) is 1. The Morgan fingerprint density at radius 1 is 1.36 bits per heavy atom. The molecule has 1 atom stereocenters. The normalized spacial score (nSPS) is 12.1. The summed E-state index contributed by atoms with van der Waals surface area (Å²) in [5.74, 6) is -0.676. The van der Waals surface area contributed by atoms with Crippen molar-refractivity contribution in [2.45, 2.75) is 59.6 Å². The second kappa shape index (κ2) is 8.60. The summed E-state index contributed by atoms with van der Waals surface area (Å²) in [5.41, 5.74) is -1.29. The minimum atomic E-state index is -0.826. The third-order valence-corrected chi connectivity index (χ3v) is 3.02. The molecule has 7 heteroatoms. The number of carbonyl (C=O) groups excluding carboxylic acids is 1. The standard InChI is InChI=1S/C16H19FN2O4.C2H6/c1-5-10(19-15(21)23-16(2,3)4)13-18-11-8-6-7-9(17)12(11)14(20)22-13;1-2/h6-8,10H,5H2,1-4H3,(H,19,21);1-2H3/t10-;/m0./s1. The van der Waals surface area contributed by atoms with E-state index in [9.17, 15) is 14.0 Å². The predicted molar refractivity (Wildman–Crippen MR) is 94.0 cm³/mol. The molecule has 0 saturated heterocycles. The van der Waals surface area contributed by atoms with Crippen LogP contribution >= 0.6 is 0 Å². The van der Waals surface area contributed by atoms with Crippen LogP contribution in [0.1, 0.15) is 59.9 Å². The molecule has 2 aromatic rings. The summed E-state index contributed by atoms with van der Waals surface area (Å²) in [6.45, 7) is 11.0. The Kier molecular flexibility index (Phi) is 7.09. The van der Waals surface area contributed by atoms with E-state index in [1.165, 1.54) is 12.1 Å². The molecule has 0 saturated carbocycles. The fraction of sp³-hybridized carbons (Fsp3) is 0.500. The molecule has 25 heavy (non-hydrogen) atoms. The number of aromatic nitrogens is 1. The van der Waals surface area contributed by atoms with Crippen molar-refractivity contribution in [2.75, 3.05) is 0 Å². The van der Waals surface area contributed by atoms with E-state index in [0.717, 1.165) is 6.07 Å². The molecule has 0 unspecified atom stereocenters. The van der Waals surface area contributed by atoms with Gasteiger partial charge in [-0.05, 0) is 39.3 Å². The van der Waals surface area contributed by atoms with Crippen LogP contribution in [0.2, 0.25) is 0 Å². The Bertz CT molecular complexity index is 781. The molecule has 0 bridgehead atoms. The molecule has 1 heterocycles. The number of rotatable bonds is 3. The lowest BCUT2D eigenvalue weighted by molar-refractivity contribution is 0.0493. The Morgan fingerprint density at radius 3 is 2.56 bits per heavy atom. The summed E-state index contributed by atoms with van der Waals surface area (Å²) in [5, 5.41) is 2.39. The Labute approximate surface area is 146 Å². The maximum atomic E-state index is 13.7. The monoisotopic (exact) mass is 352 g/mol. The molecule has 1 aromatic heterocycles. The van der Waals surface area contributed by atoms with E-state index in [1.807, 2.05) is 13.8 Å². The summed E-state index contributed by atoms with van der Waals surface area (Å²) in [6.07, 6.45) is -0.219. The summed E-state index contributed by atoms with van der Waals surface area (Å²) in [7, 11) is 0. The lowest BCUT2D eigenvalue weighted by Crippen LogP contribution is -2.35. The molecule has 0 fully saturated rings. The molecule has 0 radical (unpaired) electrons. The van der Waals surface area contributed by atoms with Gasteiger partial charge in [-0.15, -0.1) is 0 Å². The Hall–Kier alpha value is -2.44. The number of carbonyl (C=O) groups is 1. The first-order chi connectivity index (χ1) is 11.7. The van der Waals surface area contributed by atoms with Crippen LogP contribution in [0.4, 0.5) is 9.18 Å². The molecule has 1 aromatic carbocycles. The SMILES string of the molecule is CC.CC[C@H](NC(=O)OC(C)(C)C)c1nc2cccc(F)c2c(=O)o1. The van der Waals surface area contributed by atoms with Crippen molar-refractivity contribution in [1.82, 2.24) is 10.3 Å². The van der Waals surface area contributed by atoms with E-state index in [0.29, 0.717) is 6.42 Å². The van der Waals surface area contributed by atoms with Crippen LogP contribution in [0.25, 0.3) is 10.9 Å². The zero-order valence-corrected chi connectivity index (χ0v) is 15.5. The van der Waals surface area contributed by atoms with Crippen molar-refractivity contribution in [3.05, 3.63) is 40.3 Å². The average Bonchev–Trinajstić information content (AvgIpc) is 2.52. The first-order valence-electron chi connectivity index (χ1n) is 8.30. The van der Waals surface area contributed by atoms with E-state index < -0.39 is 29.2 Å². The lowest BCUT2D eigenvalue weighted by Gasteiger charge is -2.22. The molecule has 0 aliphatic heterocycles. The zero-order valence-electron chi connectivity index (χ0n) is 15.5. The van der Waals surface area contributed by atoms with Gasteiger partial charge in [0.2, 0.25) is 5.89 Å². The maximum Gasteiger partial charge on any atom is 0.408 e. The van der Waals surface area contributed by atoms with Crippen LogP contribution in [0.5, 0.6) is 0 Å². The third-order valence-electron chi connectivity index (χ3n) is 3.02. The van der Waals surface area contributed by atoms with Gasteiger partial charge in [-0.3, -0.25) is 0 Å². The lowest BCUT2D eigenvalue weighted by atomic mass is 10.2. The van der Waals surface area contributed by atoms with Crippen molar-refractivity contribution in [3.8, 4) is 0 Å². The van der Waals surface area contributed by atoms with Crippen LogP contribution in [0.15, 0.2) is 27.4 Å². The number of ether oxygens (including phenoxy) is 1. The van der Waals surface area contributed by atoms with Crippen molar-refractivity contribution >= 4 is 17.0 Å². The second-order valence-corrected chi connectivity index (χ2v) is 6.08. The molecule has 0 aliphatic rings. The molecule has 2 rings (SSSR count). The number of hydrogen-bond acceptors (Lipinski definition) is 5. The van der Waals surface area contributed by atoms with Gasteiger partial charge in [-0.2, -0.15) is 0 Å². The van der Waals surface area contributed by atoms with E-state index in [1.54, 1.807) is 27.7 Å². The van der Waals surface area contributed by atoms with Gasteiger partial charge in [-0.1, -0.05) is 26.8 Å². The van der Waals surface area contributed by atoms with Crippen LogP contribution in [0, 0.1) is 5.82 Å². The van der Waals surface area contributed by atoms with Crippen LogP contribution < -0.4 is 10.9 Å².